The third-order valence-corrected chi connectivity index (χ3v) is 1.44. The standard InChI is InChI=1S/C4H4F2N2OS/c5-4(6,2-9)3-1-10-8-7-3/h1,9H,2H2. The summed E-state index contributed by atoms with van der Waals surface area (Å²) >= 11 is 0.830. The van der Waals surface area contributed by atoms with Crippen molar-refractivity contribution in [3.63, 3.8) is 0 Å². The number of hydrogen-bond donors (Lipinski definition) is 1. The molecule has 56 valence electrons. The predicted molar refractivity (Wildman–Crippen MR) is 30.9 cm³/mol. The number of alkyl halides is 2. The topological polar surface area (TPSA) is 46.0 Å². The molecule has 0 spiro atoms. The lowest BCUT2D eigenvalue weighted by Crippen LogP contribution is -2.18. The molecule has 6 heteroatoms. The number of halogens is 2. The van der Waals surface area contributed by atoms with Gasteiger partial charge in [-0.25, -0.2) is 0 Å². The number of aliphatic hydroxyl groups is 1. The summed E-state index contributed by atoms with van der Waals surface area (Å²) in [4.78, 5) is 0. The average Bonchev–Trinajstić information content (AvgIpc) is 2.38. The van der Waals surface area contributed by atoms with Gasteiger partial charge in [0, 0.05) is 5.38 Å². The average molecular weight is 166 g/mol. The molecule has 1 rings (SSSR count). The summed E-state index contributed by atoms with van der Waals surface area (Å²) in [6.45, 7) is -1.22. The van der Waals surface area contributed by atoms with Crippen LogP contribution in [0.1, 0.15) is 5.69 Å². The van der Waals surface area contributed by atoms with E-state index < -0.39 is 18.2 Å². The lowest BCUT2D eigenvalue weighted by atomic mass is 10.3. The molecular weight excluding hydrogens is 162 g/mol. The van der Waals surface area contributed by atoms with Crippen LogP contribution in [-0.2, 0) is 5.92 Å². The van der Waals surface area contributed by atoms with Crippen molar-refractivity contribution in [1.82, 2.24) is 9.59 Å². The lowest BCUT2D eigenvalue weighted by molar-refractivity contribution is -0.0592. The monoisotopic (exact) mass is 166 g/mol. The Morgan fingerprint density at radius 1 is 1.70 bits per heavy atom. The number of hydrogen-bond acceptors (Lipinski definition) is 4. The molecule has 0 aliphatic rings. The molecule has 10 heavy (non-hydrogen) atoms. The van der Waals surface area contributed by atoms with Crippen molar-refractivity contribution in [3.05, 3.63) is 11.1 Å². The lowest BCUT2D eigenvalue weighted by Gasteiger charge is -2.07. The number of aromatic nitrogens is 2. The van der Waals surface area contributed by atoms with Crippen LogP contribution in [0.4, 0.5) is 8.78 Å². The van der Waals surface area contributed by atoms with Crippen LogP contribution in [0.3, 0.4) is 0 Å². The van der Waals surface area contributed by atoms with Crippen LogP contribution in [0, 0.1) is 0 Å². The molecule has 0 saturated heterocycles. The van der Waals surface area contributed by atoms with E-state index in [0.29, 0.717) is 0 Å². The molecule has 0 saturated carbocycles. The van der Waals surface area contributed by atoms with Gasteiger partial charge in [0.1, 0.15) is 12.3 Å². The maximum absolute atomic E-state index is 12.4. The van der Waals surface area contributed by atoms with Crippen LogP contribution in [0.15, 0.2) is 5.38 Å². The Morgan fingerprint density at radius 2 is 2.40 bits per heavy atom. The number of rotatable bonds is 2. The molecule has 0 aliphatic carbocycles. The molecule has 0 radical (unpaired) electrons. The van der Waals surface area contributed by atoms with Gasteiger partial charge < -0.3 is 5.11 Å². The van der Waals surface area contributed by atoms with Gasteiger partial charge in [-0.15, -0.1) is 5.10 Å². The van der Waals surface area contributed by atoms with Gasteiger partial charge in [-0.3, -0.25) is 0 Å². The third-order valence-electron chi connectivity index (χ3n) is 0.933. The quantitative estimate of drug-likeness (QED) is 0.700. The first-order chi connectivity index (χ1) is 4.67. The van der Waals surface area contributed by atoms with Crippen molar-refractivity contribution in [2.45, 2.75) is 5.92 Å². The normalized spacial score (nSPS) is 11.9. The van der Waals surface area contributed by atoms with Gasteiger partial charge in [0.2, 0.25) is 0 Å². The van der Waals surface area contributed by atoms with Gasteiger partial charge in [0.05, 0.1) is 0 Å². The van der Waals surface area contributed by atoms with Crippen LogP contribution in [-0.4, -0.2) is 21.3 Å². The molecule has 3 nitrogen and oxygen atoms in total. The Labute approximate surface area is 59.5 Å². The van der Waals surface area contributed by atoms with E-state index in [4.69, 9.17) is 5.11 Å². The van der Waals surface area contributed by atoms with Crippen LogP contribution in [0.25, 0.3) is 0 Å². The predicted octanol–water partition coefficient (Wildman–Crippen LogP) is 0.622. The third kappa shape index (κ3) is 1.27. The SMILES string of the molecule is OCC(F)(F)c1csnn1. The summed E-state index contributed by atoms with van der Waals surface area (Å²) in [5.41, 5.74) is -0.472. The smallest absolute Gasteiger partial charge is 0.314 e. The molecule has 0 aromatic carbocycles. The number of aliphatic hydroxyl groups excluding tert-OH is 1. The molecule has 1 aromatic heterocycles. The minimum absolute atomic E-state index is 0.472. The molecule has 0 unspecified atom stereocenters. The van der Waals surface area contributed by atoms with Gasteiger partial charge in [-0.1, -0.05) is 4.49 Å². The molecule has 0 amide bonds. The Kier molecular flexibility index (Phi) is 1.91. The van der Waals surface area contributed by atoms with Gasteiger partial charge in [0.25, 0.3) is 0 Å². The Morgan fingerprint density at radius 3 is 2.80 bits per heavy atom. The summed E-state index contributed by atoms with van der Waals surface area (Å²) in [5, 5.41) is 12.4. The zero-order valence-corrected chi connectivity index (χ0v) is 5.61. The molecule has 1 heterocycles. The first-order valence-electron chi connectivity index (χ1n) is 2.43. The Balaban J connectivity index is 2.85. The van der Waals surface area contributed by atoms with Gasteiger partial charge in [-0.2, -0.15) is 8.78 Å². The highest BCUT2D eigenvalue weighted by Crippen LogP contribution is 2.25. The van der Waals surface area contributed by atoms with E-state index in [9.17, 15) is 8.78 Å². The van der Waals surface area contributed by atoms with Gasteiger partial charge >= 0.3 is 5.92 Å². The van der Waals surface area contributed by atoms with E-state index in [1.807, 2.05) is 0 Å². The first-order valence-corrected chi connectivity index (χ1v) is 3.26. The summed E-state index contributed by atoms with van der Waals surface area (Å²) in [6.07, 6.45) is 0. The fourth-order valence-electron chi connectivity index (χ4n) is 0.405. The van der Waals surface area contributed by atoms with E-state index in [1.54, 1.807) is 0 Å². The molecular formula is C4H4F2N2OS. The van der Waals surface area contributed by atoms with Crippen molar-refractivity contribution in [3.8, 4) is 0 Å². The highest BCUT2D eigenvalue weighted by molar-refractivity contribution is 7.03. The second kappa shape index (κ2) is 2.55. The molecule has 0 atom stereocenters. The minimum atomic E-state index is -3.24. The summed E-state index contributed by atoms with van der Waals surface area (Å²) < 4.78 is 28.0. The maximum atomic E-state index is 12.4. The van der Waals surface area contributed by atoms with Crippen molar-refractivity contribution in [2.24, 2.45) is 0 Å². The molecule has 0 bridgehead atoms. The van der Waals surface area contributed by atoms with Crippen LogP contribution in [0.5, 0.6) is 0 Å². The highest BCUT2D eigenvalue weighted by Gasteiger charge is 2.33. The van der Waals surface area contributed by atoms with Gasteiger partial charge in [-0.05, 0) is 11.5 Å². The zero-order chi connectivity index (χ0) is 7.61. The Bertz CT molecular complexity index is 201. The fourth-order valence-corrected chi connectivity index (χ4v) is 0.907. The minimum Gasteiger partial charge on any atom is -0.390 e. The van der Waals surface area contributed by atoms with Crippen molar-refractivity contribution in [2.75, 3.05) is 6.61 Å². The molecule has 0 aliphatic heterocycles. The zero-order valence-electron chi connectivity index (χ0n) is 4.79. The molecule has 0 fully saturated rings. The van der Waals surface area contributed by atoms with E-state index in [-0.39, 0.29) is 0 Å². The molecule has 1 N–H and O–H groups in total. The van der Waals surface area contributed by atoms with Gasteiger partial charge in [0.15, 0.2) is 0 Å². The van der Waals surface area contributed by atoms with Crippen molar-refractivity contribution < 1.29 is 13.9 Å². The summed E-state index contributed by atoms with van der Waals surface area (Å²) in [6, 6.07) is 0. The van der Waals surface area contributed by atoms with E-state index in [1.165, 1.54) is 0 Å². The second-order valence-corrected chi connectivity index (χ2v) is 2.26. The highest BCUT2D eigenvalue weighted by atomic mass is 32.1. The second-order valence-electron chi connectivity index (χ2n) is 1.65. The largest absolute Gasteiger partial charge is 0.390 e. The van der Waals surface area contributed by atoms with Crippen LogP contribution < -0.4 is 0 Å². The number of nitrogens with zero attached hydrogens (tertiary/aromatic N) is 2. The van der Waals surface area contributed by atoms with E-state index >= 15 is 0 Å². The Hall–Kier alpha value is -0.620. The van der Waals surface area contributed by atoms with Crippen molar-refractivity contribution >= 4 is 11.5 Å². The fraction of sp³-hybridized carbons (Fsp3) is 0.500. The van der Waals surface area contributed by atoms with Crippen molar-refractivity contribution in [1.29, 1.82) is 0 Å². The summed E-state index contributed by atoms with van der Waals surface area (Å²) in [5.74, 6) is -3.24. The van der Waals surface area contributed by atoms with E-state index in [2.05, 4.69) is 9.59 Å². The molecule has 1 aromatic rings. The van der Waals surface area contributed by atoms with E-state index in [0.717, 1.165) is 16.9 Å². The first kappa shape index (κ1) is 7.49. The maximum Gasteiger partial charge on any atom is 0.314 e. The van der Waals surface area contributed by atoms with Crippen LogP contribution >= 0.6 is 11.5 Å². The van der Waals surface area contributed by atoms with Crippen LogP contribution in [0.2, 0.25) is 0 Å². The summed E-state index contributed by atoms with van der Waals surface area (Å²) in [7, 11) is 0.